The summed E-state index contributed by atoms with van der Waals surface area (Å²) in [5.41, 5.74) is 0.496. The van der Waals surface area contributed by atoms with Gasteiger partial charge >= 0.3 is 0 Å². The molecular weight excluding hydrogens is 228 g/mol. The first kappa shape index (κ1) is 11.7. The minimum absolute atomic E-state index is 0.192. The van der Waals surface area contributed by atoms with Crippen molar-refractivity contribution < 1.29 is 18.4 Å². The molecule has 5 heteroatoms. The first-order valence-corrected chi connectivity index (χ1v) is 5.19. The number of allylic oxidation sites excluding steroid dienone is 1. The SMILES string of the molecule is CCOC1C=CC(c2ccc(F)cc2F)=NO1. The second kappa shape index (κ2) is 5.05. The third kappa shape index (κ3) is 2.68. The molecule has 3 nitrogen and oxygen atoms in total. The lowest BCUT2D eigenvalue weighted by molar-refractivity contribution is -0.108. The van der Waals surface area contributed by atoms with Crippen LogP contribution in [0.4, 0.5) is 8.78 Å². The summed E-state index contributed by atoms with van der Waals surface area (Å²) in [6.07, 6.45) is 2.65. The lowest BCUT2D eigenvalue weighted by Crippen LogP contribution is -2.17. The average molecular weight is 239 g/mol. The molecule has 0 aliphatic carbocycles. The van der Waals surface area contributed by atoms with Gasteiger partial charge in [-0.1, -0.05) is 5.16 Å². The van der Waals surface area contributed by atoms with E-state index in [-0.39, 0.29) is 5.56 Å². The first-order valence-electron chi connectivity index (χ1n) is 5.19. The number of nitrogens with zero attached hydrogens (tertiary/aromatic N) is 1. The number of rotatable bonds is 3. The molecule has 1 heterocycles. The molecule has 1 aliphatic heterocycles. The Morgan fingerprint density at radius 2 is 2.24 bits per heavy atom. The summed E-state index contributed by atoms with van der Waals surface area (Å²) < 4.78 is 31.3. The summed E-state index contributed by atoms with van der Waals surface area (Å²) in [5, 5.41) is 3.73. The zero-order chi connectivity index (χ0) is 12.3. The van der Waals surface area contributed by atoms with Crippen LogP contribution in [-0.4, -0.2) is 18.6 Å². The van der Waals surface area contributed by atoms with Crippen LogP contribution in [0.2, 0.25) is 0 Å². The third-order valence-electron chi connectivity index (χ3n) is 2.20. The minimum Gasteiger partial charge on any atom is -0.359 e. The van der Waals surface area contributed by atoms with E-state index in [0.29, 0.717) is 12.3 Å². The van der Waals surface area contributed by atoms with Crippen LogP contribution in [0.25, 0.3) is 0 Å². The highest BCUT2D eigenvalue weighted by Crippen LogP contribution is 2.15. The monoisotopic (exact) mass is 239 g/mol. The van der Waals surface area contributed by atoms with Crippen LogP contribution in [0, 0.1) is 11.6 Å². The maximum absolute atomic E-state index is 13.4. The number of oxime groups is 1. The Hall–Kier alpha value is -1.75. The van der Waals surface area contributed by atoms with Gasteiger partial charge in [-0.05, 0) is 31.2 Å². The molecule has 0 saturated carbocycles. The van der Waals surface area contributed by atoms with Gasteiger partial charge in [0.15, 0.2) is 0 Å². The molecule has 17 heavy (non-hydrogen) atoms. The Morgan fingerprint density at radius 1 is 1.41 bits per heavy atom. The molecule has 1 aromatic rings. The maximum Gasteiger partial charge on any atom is 0.246 e. The quantitative estimate of drug-likeness (QED) is 0.811. The standard InChI is InChI=1S/C12H11F2NO2/c1-2-16-12-6-5-11(15-17-12)9-4-3-8(13)7-10(9)14/h3-7,12H,2H2,1H3. The molecule has 0 bridgehead atoms. The summed E-state index contributed by atoms with van der Waals surface area (Å²) in [6.45, 7) is 2.32. The van der Waals surface area contributed by atoms with E-state index in [1.807, 2.05) is 6.92 Å². The van der Waals surface area contributed by atoms with E-state index >= 15 is 0 Å². The number of hydrogen-bond donors (Lipinski definition) is 0. The molecule has 0 amide bonds. The van der Waals surface area contributed by atoms with E-state index in [1.54, 1.807) is 12.2 Å². The topological polar surface area (TPSA) is 30.8 Å². The normalized spacial score (nSPS) is 18.8. The highest BCUT2D eigenvalue weighted by Gasteiger charge is 2.15. The second-order valence-corrected chi connectivity index (χ2v) is 3.39. The van der Waals surface area contributed by atoms with Crippen LogP contribution in [0.3, 0.4) is 0 Å². The summed E-state index contributed by atoms with van der Waals surface area (Å²) in [4.78, 5) is 4.99. The molecule has 0 fully saturated rings. The van der Waals surface area contributed by atoms with Gasteiger partial charge in [-0.2, -0.15) is 0 Å². The van der Waals surface area contributed by atoms with Crippen LogP contribution in [0.5, 0.6) is 0 Å². The molecule has 1 aromatic carbocycles. The number of halogens is 2. The molecule has 2 rings (SSSR count). The molecule has 0 aromatic heterocycles. The van der Waals surface area contributed by atoms with Gasteiger partial charge in [-0.15, -0.1) is 0 Å². The van der Waals surface area contributed by atoms with E-state index in [9.17, 15) is 8.78 Å². The van der Waals surface area contributed by atoms with E-state index in [0.717, 1.165) is 6.07 Å². The van der Waals surface area contributed by atoms with Gasteiger partial charge in [-0.3, -0.25) is 0 Å². The van der Waals surface area contributed by atoms with Crippen molar-refractivity contribution in [1.29, 1.82) is 0 Å². The Bertz CT molecular complexity index is 472. The fraction of sp³-hybridized carbons (Fsp3) is 0.250. The average Bonchev–Trinajstić information content (AvgIpc) is 2.31. The Balaban J connectivity index is 2.17. The lowest BCUT2D eigenvalue weighted by atomic mass is 10.1. The molecule has 0 spiro atoms. The van der Waals surface area contributed by atoms with Gasteiger partial charge in [0.25, 0.3) is 0 Å². The zero-order valence-corrected chi connectivity index (χ0v) is 9.19. The number of benzene rings is 1. The Labute approximate surface area is 97.3 Å². The number of ether oxygens (including phenoxy) is 1. The van der Waals surface area contributed by atoms with Crippen LogP contribution >= 0.6 is 0 Å². The van der Waals surface area contributed by atoms with Gasteiger partial charge in [0.2, 0.25) is 6.29 Å². The molecule has 1 unspecified atom stereocenters. The maximum atomic E-state index is 13.4. The van der Waals surface area contributed by atoms with Crippen molar-refractivity contribution in [2.24, 2.45) is 5.16 Å². The van der Waals surface area contributed by atoms with E-state index in [4.69, 9.17) is 9.57 Å². The molecular formula is C12H11F2NO2. The van der Waals surface area contributed by atoms with Crippen molar-refractivity contribution in [2.75, 3.05) is 6.61 Å². The molecule has 90 valence electrons. The fourth-order valence-corrected chi connectivity index (χ4v) is 1.43. The fourth-order valence-electron chi connectivity index (χ4n) is 1.43. The Kier molecular flexibility index (Phi) is 3.49. The third-order valence-corrected chi connectivity index (χ3v) is 2.20. The molecule has 1 aliphatic rings. The van der Waals surface area contributed by atoms with Crippen molar-refractivity contribution >= 4 is 5.71 Å². The molecule has 0 N–H and O–H groups in total. The smallest absolute Gasteiger partial charge is 0.246 e. The van der Waals surface area contributed by atoms with Crippen LogP contribution < -0.4 is 0 Å². The molecule has 1 atom stereocenters. The van der Waals surface area contributed by atoms with Crippen molar-refractivity contribution in [2.45, 2.75) is 13.2 Å². The van der Waals surface area contributed by atoms with Gasteiger partial charge in [0, 0.05) is 18.2 Å². The van der Waals surface area contributed by atoms with Gasteiger partial charge in [0.1, 0.15) is 17.3 Å². The highest BCUT2D eigenvalue weighted by molar-refractivity contribution is 6.08. The van der Waals surface area contributed by atoms with Gasteiger partial charge < -0.3 is 9.57 Å². The predicted molar refractivity (Wildman–Crippen MR) is 58.5 cm³/mol. The summed E-state index contributed by atoms with van der Waals surface area (Å²) in [5.74, 6) is -1.30. The largest absolute Gasteiger partial charge is 0.359 e. The number of hydrogen-bond acceptors (Lipinski definition) is 3. The summed E-state index contributed by atoms with van der Waals surface area (Å²) in [6, 6.07) is 3.29. The van der Waals surface area contributed by atoms with E-state index < -0.39 is 17.9 Å². The second-order valence-electron chi connectivity index (χ2n) is 3.39. The van der Waals surface area contributed by atoms with Crippen molar-refractivity contribution in [3.05, 3.63) is 47.5 Å². The van der Waals surface area contributed by atoms with Crippen LogP contribution in [-0.2, 0) is 9.57 Å². The van der Waals surface area contributed by atoms with Crippen molar-refractivity contribution in [3.8, 4) is 0 Å². The van der Waals surface area contributed by atoms with Gasteiger partial charge in [0.05, 0.1) is 0 Å². The minimum atomic E-state index is -0.674. The van der Waals surface area contributed by atoms with Crippen LogP contribution in [0.1, 0.15) is 12.5 Å². The Morgan fingerprint density at radius 3 is 2.82 bits per heavy atom. The van der Waals surface area contributed by atoms with E-state index in [1.165, 1.54) is 12.1 Å². The van der Waals surface area contributed by atoms with Crippen LogP contribution in [0.15, 0.2) is 35.5 Å². The zero-order valence-electron chi connectivity index (χ0n) is 9.19. The first-order chi connectivity index (χ1) is 8.20. The van der Waals surface area contributed by atoms with Crippen molar-refractivity contribution in [1.82, 2.24) is 0 Å². The predicted octanol–water partition coefficient (Wildman–Crippen LogP) is 2.62. The summed E-state index contributed by atoms with van der Waals surface area (Å²) in [7, 11) is 0. The highest BCUT2D eigenvalue weighted by atomic mass is 19.1. The molecule has 0 radical (unpaired) electrons. The lowest BCUT2D eigenvalue weighted by Gasteiger charge is -2.15. The van der Waals surface area contributed by atoms with Gasteiger partial charge in [-0.25, -0.2) is 8.78 Å². The van der Waals surface area contributed by atoms with E-state index in [2.05, 4.69) is 5.16 Å². The van der Waals surface area contributed by atoms with Crippen molar-refractivity contribution in [3.63, 3.8) is 0 Å². The molecule has 0 saturated heterocycles. The summed E-state index contributed by atoms with van der Waals surface area (Å²) >= 11 is 0.